The van der Waals surface area contributed by atoms with Gasteiger partial charge in [0.2, 0.25) is 11.9 Å². The van der Waals surface area contributed by atoms with Crippen LogP contribution in [-0.2, 0) is 17.9 Å². The number of imidazole rings is 1. The minimum absolute atomic E-state index is 0.0708. The number of amides is 2. The summed E-state index contributed by atoms with van der Waals surface area (Å²) in [6.07, 6.45) is 4.70. The van der Waals surface area contributed by atoms with Crippen molar-refractivity contribution in [1.82, 2.24) is 24.8 Å². The molecular formula is C35H40FN7O2S. The van der Waals surface area contributed by atoms with Gasteiger partial charge < -0.3 is 14.8 Å². The molecule has 1 aliphatic rings. The maximum atomic E-state index is 13.7. The molecular weight excluding hydrogens is 601 g/mol. The highest BCUT2D eigenvalue weighted by atomic mass is 32.1. The smallest absolute Gasteiger partial charge is 0.268 e. The first-order chi connectivity index (χ1) is 21.9. The van der Waals surface area contributed by atoms with E-state index >= 15 is 0 Å². The summed E-state index contributed by atoms with van der Waals surface area (Å²) in [7, 11) is 0. The third kappa shape index (κ3) is 7.87. The predicted molar refractivity (Wildman–Crippen MR) is 180 cm³/mol. The summed E-state index contributed by atoms with van der Waals surface area (Å²) in [5.74, 6) is -0.733. The Morgan fingerprint density at radius 3 is 2.72 bits per heavy atom. The zero-order valence-electron chi connectivity index (χ0n) is 26.9. The molecule has 0 bridgehead atoms. The molecule has 9 nitrogen and oxygen atoms in total. The van der Waals surface area contributed by atoms with Gasteiger partial charge in [-0.1, -0.05) is 46.8 Å². The molecule has 0 radical (unpaired) electrons. The first kappa shape index (κ1) is 33.0. The lowest BCUT2D eigenvalue weighted by Gasteiger charge is -2.26. The summed E-state index contributed by atoms with van der Waals surface area (Å²) in [4.78, 5) is 38.4. The Labute approximate surface area is 273 Å². The van der Waals surface area contributed by atoms with E-state index in [1.54, 1.807) is 29.2 Å². The molecule has 4 aromatic rings. The summed E-state index contributed by atoms with van der Waals surface area (Å²) in [5, 5.41) is 16.2. The Morgan fingerprint density at radius 1 is 1.20 bits per heavy atom. The number of nitrogens with one attached hydrogen (secondary N) is 2. The number of anilines is 1. The Morgan fingerprint density at radius 2 is 2.00 bits per heavy atom. The Kier molecular flexibility index (Phi) is 9.99. The number of allylic oxidation sites excluding steroid dienone is 1. The molecule has 1 unspecified atom stereocenters. The lowest BCUT2D eigenvalue weighted by molar-refractivity contribution is -0.127. The van der Waals surface area contributed by atoms with Gasteiger partial charge in [0.05, 0.1) is 22.0 Å². The van der Waals surface area contributed by atoms with Gasteiger partial charge in [-0.25, -0.2) is 9.97 Å². The van der Waals surface area contributed by atoms with Crippen LogP contribution in [0.25, 0.3) is 21.5 Å². The highest BCUT2D eigenvalue weighted by molar-refractivity contribution is 7.17. The zero-order chi connectivity index (χ0) is 33.0. The molecule has 0 saturated carbocycles. The number of hydrogen-bond acceptors (Lipinski definition) is 7. The van der Waals surface area contributed by atoms with Crippen molar-refractivity contribution in [2.45, 2.75) is 66.6 Å². The van der Waals surface area contributed by atoms with E-state index in [2.05, 4.69) is 48.5 Å². The number of halogens is 1. The third-order valence-corrected chi connectivity index (χ3v) is 8.88. The van der Waals surface area contributed by atoms with E-state index in [1.807, 2.05) is 30.5 Å². The fourth-order valence-electron chi connectivity index (χ4n) is 5.63. The molecule has 2 amide bonds. The topological polar surface area (TPSA) is 116 Å². The lowest BCUT2D eigenvalue weighted by Crippen LogP contribution is -2.39. The summed E-state index contributed by atoms with van der Waals surface area (Å²) in [5.41, 5.74) is 3.59. The van der Waals surface area contributed by atoms with Crippen LogP contribution in [0.3, 0.4) is 0 Å². The van der Waals surface area contributed by atoms with Crippen molar-refractivity contribution in [2.24, 2.45) is 11.3 Å². The van der Waals surface area contributed by atoms with Gasteiger partial charge >= 0.3 is 0 Å². The molecule has 46 heavy (non-hydrogen) atoms. The highest BCUT2D eigenvalue weighted by Gasteiger charge is 2.32. The van der Waals surface area contributed by atoms with Crippen molar-refractivity contribution in [3.8, 4) is 16.5 Å². The number of benzene rings is 1. The van der Waals surface area contributed by atoms with E-state index in [0.29, 0.717) is 36.0 Å². The number of nitrogens with zero attached hydrogens (tertiary/aromatic N) is 5. The van der Waals surface area contributed by atoms with Gasteiger partial charge in [-0.3, -0.25) is 14.9 Å². The molecule has 0 aliphatic carbocycles. The van der Waals surface area contributed by atoms with Crippen LogP contribution in [0.4, 0.5) is 10.3 Å². The summed E-state index contributed by atoms with van der Waals surface area (Å²) < 4.78 is 15.7. The maximum Gasteiger partial charge on any atom is 0.268 e. The number of thiophene rings is 1. The van der Waals surface area contributed by atoms with Crippen LogP contribution in [-0.4, -0.2) is 50.4 Å². The molecule has 3 aromatic heterocycles. The molecule has 1 aliphatic heterocycles. The van der Waals surface area contributed by atoms with E-state index in [-0.39, 0.29) is 34.8 Å². The number of nitriles is 1. The number of likely N-dealkylation sites (tertiary alicyclic amines) is 1. The number of fused-ring (bicyclic) bond motifs is 1. The van der Waals surface area contributed by atoms with Gasteiger partial charge in [-0.15, -0.1) is 11.3 Å². The van der Waals surface area contributed by atoms with E-state index in [4.69, 9.17) is 4.98 Å². The van der Waals surface area contributed by atoms with Gasteiger partial charge in [0.1, 0.15) is 11.6 Å². The number of carbonyl (C=O) groups excluding carboxylic acids is 2. The van der Waals surface area contributed by atoms with Crippen molar-refractivity contribution in [3.05, 3.63) is 76.7 Å². The van der Waals surface area contributed by atoms with Crippen molar-refractivity contribution in [1.29, 1.82) is 5.26 Å². The van der Waals surface area contributed by atoms with Crippen molar-refractivity contribution in [2.75, 3.05) is 18.4 Å². The largest absolute Gasteiger partial charge is 0.333 e. The standard InChI is InChI=1S/C35H40FN7O2S/c1-22(2)15-25(18-37)33(45)42-14-6-7-26(42)20-43-28-9-8-23(19-38-21-35(3,4)5)16-27(28)40-34(43)41-32(44)30-11-10-29(46-30)24-12-13-39-31(36)17-24/h8-13,15-17,22,26,38H,6-7,14,19-21H2,1-5H3,(H,40,41,44). The van der Waals surface area contributed by atoms with E-state index < -0.39 is 5.95 Å². The summed E-state index contributed by atoms with van der Waals surface area (Å²) in [6.45, 7) is 12.9. The van der Waals surface area contributed by atoms with Crippen LogP contribution in [0.15, 0.2) is 60.3 Å². The average molecular weight is 642 g/mol. The van der Waals surface area contributed by atoms with Gasteiger partial charge in [-0.05, 0) is 65.6 Å². The quantitative estimate of drug-likeness (QED) is 0.112. The second kappa shape index (κ2) is 13.9. The monoisotopic (exact) mass is 641 g/mol. The molecule has 5 rings (SSSR count). The van der Waals surface area contributed by atoms with Crippen LogP contribution in [0.5, 0.6) is 0 Å². The molecule has 1 saturated heterocycles. The fourth-order valence-corrected chi connectivity index (χ4v) is 6.53. The third-order valence-electron chi connectivity index (χ3n) is 7.75. The maximum absolute atomic E-state index is 13.7. The predicted octanol–water partition coefficient (Wildman–Crippen LogP) is 6.78. The summed E-state index contributed by atoms with van der Waals surface area (Å²) >= 11 is 1.25. The van der Waals surface area contributed by atoms with Gasteiger partial charge in [0, 0.05) is 43.3 Å². The van der Waals surface area contributed by atoms with E-state index in [0.717, 1.165) is 40.9 Å². The van der Waals surface area contributed by atoms with Crippen LogP contribution < -0.4 is 10.6 Å². The molecule has 1 atom stereocenters. The molecule has 240 valence electrons. The van der Waals surface area contributed by atoms with Gasteiger partial charge in [0.15, 0.2) is 0 Å². The minimum Gasteiger partial charge on any atom is -0.333 e. The SMILES string of the molecule is CC(C)C=C(C#N)C(=O)N1CCCC1Cn1c(NC(=O)c2ccc(-c3ccnc(F)c3)s2)nc2cc(CNCC(C)(C)C)ccc21. The molecule has 1 fully saturated rings. The van der Waals surface area contributed by atoms with Crippen molar-refractivity contribution >= 4 is 40.1 Å². The minimum atomic E-state index is -0.584. The Bertz CT molecular complexity index is 1810. The first-order valence-electron chi connectivity index (χ1n) is 15.6. The number of hydrogen-bond donors (Lipinski definition) is 2. The lowest BCUT2D eigenvalue weighted by atomic mass is 9.97. The van der Waals surface area contributed by atoms with Crippen LogP contribution in [0.1, 0.15) is 62.7 Å². The normalized spacial score (nSPS) is 15.5. The molecule has 4 heterocycles. The molecule has 2 N–H and O–H groups in total. The van der Waals surface area contributed by atoms with Crippen molar-refractivity contribution in [3.63, 3.8) is 0 Å². The Balaban J connectivity index is 1.45. The van der Waals surface area contributed by atoms with E-state index in [9.17, 15) is 19.2 Å². The molecule has 11 heteroatoms. The second-order valence-corrected chi connectivity index (χ2v) is 14.3. The van der Waals surface area contributed by atoms with Gasteiger partial charge in [0.25, 0.3) is 11.8 Å². The van der Waals surface area contributed by atoms with Crippen LogP contribution in [0, 0.1) is 28.6 Å². The Hall–Kier alpha value is -4.40. The summed E-state index contributed by atoms with van der Waals surface area (Å²) in [6, 6.07) is 14.5. The van der Waals surface area contributed by atoms with Crippen LogP contribution in [0.2, 0.25) is 0 Å². The number of aromatic nitrogens is 3. The number of pyridine rings is 1. The molecule has 0 spiro atoms. The number of carbonyl (C=O) groups is 2. The van der Waals surface area contributed by atoms with Gasteiger partial charge in [-0.2, -0.15) is 9.65 Å². The highest BCUT2D eigenvalue weighted by Crippen LogP contribution is 2.30. The zero-order valence-corrected chi connectivity index (χ0v) is 27.7. The van der Waals surface area contributed by atoms with Crippen molar-refractivity contribution < 1.29 is 14.0 Å². The van der Waals surface area contributed by atoms with E-state index in [1.165, 1.54) is 23.6 Å². The second-order valence-electron chi connectivity index (χ2n) is 13.2. The number of rotatable bonds is 10. The first-order valence-corrected chi connectivity index (χ1v) is 16.4. The fraction of sp³-hybridized carbons (Fsp3) is 0.400. The average Bonchev–Trinajstić information content (AvgIpc) is 3.74. The van der Waals surface area contributed by atoms with Crippen LogP contribution >= 0.6 is 11.3 Å². The molecule has 1 aromatic carbocycles.